The lowest BCUT2D eigenvalue weighted by Gasteiger charge is -2.11. The molecular weight excluding hydrogens is 267 g/mol. The fourth-order valence-corrected chi connectivity index (χ4v) is 2.18. The molecule has 1 saturated carbocycles. The summed E-state index contributed by atoms with van der Waals surface area (Å²) in [5, 5.41) is 6.41. The van der Waals surface area contributed by atoms with Crippen molar-refractivity contribution in [2.75, 3.05) is 17.2 Å². The summed E-state index contributed by atoms with van der Waals surface area (Å²) in [7, 11) is 0. The predicted molar refractivity (Wildman–Crippen MR) is 81.9 cm³/mol. The molecule has 0 amide bonds. The zero-order valence-electron chi connectivity index (χ0n) is 12.1. The number of nitrogens with one attached hydrogen (secondary N) is 2. The predicted octanol–water partition coefficient (Wildman–Crippen LogP) is 3.54. The van der Waals surface area contributed by atoms with Crippen LogP contribution in [0.3, 0.4) is 0 Å². The average molecular weight is 286 g/mol. The van der Waals surface area contributed by atoms with Gasteiger partial charge < -0.3 is 10.6 Å². The van der Waals surface area contributed by atoms with E-state index in [9.17, 15) is 4.39 Å². The highest BCUT2D eigenvalue weighted by Gasteiger charge is 2.27. The standard InChI is InChI=1S/C16H19FN4/c1-2-18-14-9-15(21-16(20-14)11-7-8-11)19-10-12-5-3-4-6-13(12)17/h3-6,9,11H,2,7-8,10H2,1H3,(H2,18,19,20,21). The van der Waals surface area contributed by atoms with Gasteiger partial charge in [0.2, 0.25) is 0 Å². The summed E-state index contributed by atoms with van der Waals surface area (Å²) in [5.74, 6) is 2.73. The molecule has 0 saturated heterocycles. The monoisotopic (exact) mass is 286 g/mol. The average Bonchev–Trinajstić information content (AvgIpc) is 3.31. The minimum atomic E-state index is -0.201. The lowest BCUT2D eigenvalue weighted by molar-refractivity contribution is 0.613. The third-order valence-corrected chi connectivity index (χ3v) is 3.46. The van der Waals surface area contributed by atoms with E-state index in [-0.39, 0.29) is 5.82 Å². The first-order valence-electron chi connectivity index (χ1n) is 7.36. The molecule has 5 heteroatoms. The summed E-state index contributed by atoms with van der Waals surface area (Å²) < 4.78 is 13.6. The SMILES string of the molecule is CCNc1cc(NCc2ccccc2F)nc(C2CC2)n1. The number of benzene rings is 1. The van der Waals surface area contributed by atoms with Crippen LogP contribution in [0.5, 0.6) is 0 Å². The molecule has 0 bridgehead atoms. The first kappa shape index (κ1) is 13.8. The van der Waals surface area contributed by atoms with Crippen LogP contribution in [-0.4, -0.2) is 16.5 Å². The largest absolute Gasteiger partial charge is 0.370 e. The Labute approximate surface area is 123 Å². The molecule has 2 aromatic rings. The zero-order valence-corrected chi connectivity index (χ0v) is 12.1. The van der Waals surface area contributed by atoms with Gasteiger partial charge in [0.15, 0.2) is 0 Å². The van der Waals surface area contributed by atoms with Crippen molar-refractivity contribution < 1.29 is 4.39 Å². The molecule has 1 aromatic carbocycles. The molecule has 4 nitrogen and oxygen atoms in total. The van der Waals surface area contributed by atoms with Crippen LogP contribution in [0, 0.1) is 5.82 Å². The van der Waals surface area contributed by atoms with E-state index in [4.69, 9.17) is 0 Å². The van der Waals surface area contributed by atoms with Gasteiger partial charge in [-0.25, -0.2) is 14.4 Å². The van der Waals surface area contributed by atoms with Gasteiger partial charge in [0.05, 0.1) is 0 Å². The molecular formula is C16H19FN4. The first-order valence-corrected chi connectivity index (χ1v) is 7.36. The van der Waals surface area contributed by atoms with Crippen LogP contribution in [0.15, 0.2) is 30.3 Å². The minimum absolute atomic E-state index is 0.201. The van der Waals surface area contributed by atoms with Gasteiger partial charge >= 0.3 is 0 Å². The van der Waals surface area contributed by atoms with Crippen LogP contribution >= 0.6 is 0 Å². The smallest absolute Gasteiger partial charge is 0.136 e. The number of aromatic nitrogens is 2. The summed E-state index contributed by atoms with van der Waals surface area (Å²) in [6, 6.07) is 8.64. The van der Waals surface area contributed by atoms with Crippen LogP contribution in [-0.2, 0) is 6.54 Å². The van der Waals surface area contributed by atoms with Gasteiger partial charge in [-0.05, 0) is 25.8 Å². The third kappa shape index (κ3) is 3.48. The number of hydrogen-bond donors (Lipinski definition) is 2. The lowest BCUT2D eigenvalue weighted by Crippen LogP contribution is -2.08. The maximum atomic E-state index is 13.6. The fourth-order valence-electron chi connectivity index (χ4n) is 2.18. The Hall–Kier alpha value is -2.17. The quantitative estimate of drug-likeness (QED) is 0.853. The van der Waals surface area contributed by atoms with Gasteiger partial charge in [-0.1, -0.05) is 18.2 Å². The van der Waals surface area contributed by atoms with Crippen LogP contribution < -0.4 is 10.6 Å². The van der Waals surface area contributed by atoms with Crippen molar-refractivity contribution in [2.24, 2.45) is 0 Å². The van der Waals surface area contributed by atoms with Gasteiger partial charge in [-0.15, -0.1) is 0 Å². The van der Waals surface area contributed by atoms with Crippen molar-refractivity contribution in [3.8, 4) is 0 Å². The second kappa shape index (κ2) is 6.08. The van der Waals surface area contributed by atoms with Crippen molar-refractivity contribution >= 4 is 11.6 Å². The number of nitrogens with zero attached hydrogens (tertiary/aromatic N) is 2. The molecule has 1 fully saturated rings. The molecule has 2 N–H and O–H groups in total. The second-order valence-electron chi connectivity index (χ2n) is 5.25. The summed E-state index contributed by atoms with van der Waals surface area (Å²) in [6.07, 6.45) is 2.31. The molecule has 110 valence electrons. The molecule has 0 unspecified atom stereocenters. The molecule has 1 aromatic heterocycles. The lowest BCUT2D eigenvalue weighted by atomic mass is 10.2. The Balaban J connectivity index is 1.76. The number of rotatable bonds is 6. The molecule has 0 spiro atoms. The fraction of sp³-hybridized carbons (Fsp3) is 0.375. The van der Waals surface area contributed by atoms with Gasteiger partial charge in [-0.3, -0.25) is 0 Å². The van der Waals surface area contributed by atoms with E-state index in [2.05, 4.69) is 20.6 Å². The van der Waals surface area contributed by atoms with E-state index in [0.29, 0.717) is 18.0 Å². The molecule has 1 aliphatic rings. The summed E-state index contributed by atoms with van der Waals surface area (Å²) >= 11 is 0. The molecule has 3 rings (SSSR count). The van der Waals surface area contributed by atoms with Crippen molar-refractivity contribution in [3.63, 3.8) is 0 Å². The van der Waals surface area contributed by atoms with Crippen LogP contribution in [0.25, 0.3) is 0 Å². The molecule has 1 aliphatic carbocycles. The molecule has 21 heavy (non-hydrogen) atoms. The van der Waals surface area contributed by atoms with Gasteiger partial charge in [0.1, 0.15) is 23.3 Å². The highest BCUT2D eigenvalue weighted by atomic mass is 19.1. The Bertz CT molecular complexity index is 625. The van der Waals surface area contributed by atoms with Gasteiger partial charge in [0.25, 0.3) is 0 Å². The van der Waals surface area contributed by atoms with E-state index >= 15 is 0 Å². The highest BCUT2D eigenvalue weighted by Crippen LogP contribution is 2.38. The summed E-state index contributed by atoms with van der Waals surface area (Å²) in [5.41, 5.74) is 0.633. The van der Waals surface area contributed by atoms with E-state index in [1.54, 1.807) is 12.1 Å². The van der Waals surface area contributed by atoms with Crippen molar-refractivity contribution in [2.45, 2.75) is 32.2 Å². The number of anilines is 2. The normalized spacial score (nSPS) is 14.0. The molecule has 0 aliphatic heterocycles. The Morgan fingerprint density at radius 1 is 1.14 bits per heavy atom. The number of hydrogen-bond acceptors (Lipinski definition) is 4. The van der Waals surface area contributed by atoms with Crippen molar-refractivity contribution in [1.29, 1.82) is 0 Å². The van der Waals surface area contributed by atoms with Crippen LogP contribution in [0.4, 0.5) is 16.0 Å². The molecule has 1 heterocycles. The zero-order chi connectivity index (χ0) is 14.7. The van der Waals surface area contributed by atoms with Crippen molar-refractivity contribution in [3.05, 3.63) is 47.5 Å². The van der Waals surface area contributed by atoms with E-state index in [1.807, 2.05) is 19.1 Å². The maximum Gasteiger partial charge on any atom is 0.136 e. The Morgan fingerprint density at radius 3 is 2.52 bits per heavy atom. The molecule has 0 radical (unpaired) electrons. The molecule has 0 atom stereocenters. The highest BCUT2D eigenvalue weighted by molar-refractivity contribution is 5.48. The van der Waals surface area contributed by atoms with Gasteiger partial charge in [-0.2, -0.15) is 0 Å². The summed E-state index contributed by atoms with van der Waals surface area (Å²) in [6.45, 7) is 3.26. The third-order valence-electron chi connectivity index (χ3n) is 3.46. The minimum Gasteiger partial charge on any atom is -0.370 e. The second-order valence-corrected chi connectivity index (χ2v) is 5.25. The number of halogens is 1. The van der Waals surface area contributed by atoms with E-state index in [1.165, 1.54) is 6.07 Å². The van der Waals surface area contributed by atoms with Gasteiger partial charge in [0, 0.05) is 30.6 Å². The Kier molecular flexibility index (Phi) is 3.99. The van der Waals surface area contributed by atoms with Crippen LogP contribution in [0.2, 0.25) is 0 Å². The summed E-state index contributed by atoms with van der Waals surface area (Å²) in [4.78, 5) is 9.06. The van der Waals surface area contributed by atoms with Crippen molar-refractivity contribution in [1.82, 2.24) is 9.97 Å². The topological polar surface area (TPSA) is 49.8 Å². The van der Waals surface area contributed by atoms with E-state index in [0.717, 1.165) is 36.8 Å². The Morgan fingerprint density at radius 2 is 1.86 bits per heavy atom. The maximum absolute atomic E-state index is 13.6. The first-order chi connectivity index (χ1) is 10.3. The van der Waals surface area contributed by atoms with Crippen LogP contribution in [0.1, 0.15) is 37.1 Å². The van der Waals surface area contributed by atoms with E-state index < -0.39 is 0 Å².